The van der Waals surface area contributed by atoms with Crippen molar-refractivity contribution in [2.45, 2.75) is 52.0 Å². The van der Waals surface area contributed by atoms with Crippen LogP contribution in [0.3, 0.4) is 0 Å². The van der Waals surface area contributed by atoms with Gasteiger partial charge in [0.2, 0.25) is 12.2 Å². The van der Waals surface area contributed by atoms with E-state index in [2.05, 4.69) is 23.8 Å². The average molecular weight is 224 g/mol. The van der Waals surface area contributed by atoms with Crippen molar-refractivity contribution in [2.75, 3.05) is 6.54 Å². The molecule has 4 nitrogen and oxygen atoms in total. The molecule has 0 aliphatic heterocycles. The maximum atomic E-state index is 10.2. The maximum absolute atomic E-state index is 10.2. The van der Waals surface area contributed by atoms with Crippen molar-refractivity contribution in [3.63, 3.8) is 0 Å². The lowest BCUT2D eigenvalue weighted by Gasteiger charge is -2.13. The van der Waals surface area contributed by atoms with Crippen LogP contribution in [0.25, 0.3) is 0 Å². The molecule has 0 saturated carbocycles. The van der Waals surface area contributed by atoms with Crippen LogP contribution in [0.5, 0.6) is 0 Å². The molecule has 0 aromatic heterocycles. The second-order valence-corrected chi connectivity index (χ2v) is 4.21. The quantitative estimate of drug-likeness (QED) is 0.343. The van der Waals surface area contributed by atoms with Gasteiger partial charge in [0.15, 0.2) is 0 Å². The van der Waals surface area contributed by atoms with E-state index in [0.717, 1.165) is 32.1 Å². The molecule has 0 saturated heterocycles. The zero-order valence-corrected chi connectivity index (χ0v) is 10.1. The second kappa shape index (κ2) is 10.3. The summed E-state index contributed by atoms with van der Waals surface area (Å²) in [6.45, 7) is 4.69. The van der Waals surface area contributed by atoms with Gasteiger partial charge in [0, 0.05) is 0 Å². The largest absolute Gasteiger partial charge is 0.235 e. The Morgan fingerprint density at radius 3 is 2.25 bits per heavy atom. The Hall–Kier alpha value is -1.24. The monoisotopic (exact) mass is 224 g/mol. The lowest BCUT2D eigenvalue weighted by molar-refractivity contribution is 0.439. The number of aliphatic imine (C=N–C) groups is 2. The van der Waals surface area contributed by atoms with E-state index >= 15 is 0 Å². The van der Waals surface area contributed by atoms with Crippen molar-refractivity contribution in [3.05, 3.63) is 0 Å². The number of isocyanates is 2. The molecule has 0 aliphatic rings. The van der Waals surface area contributed by atoms with Crippen molar-refractivity contribution < 1.29 is 9.59 Å². The van der Waals surface area contributed by atoms with Gasteiger partial charge < -0.3 is 0 Å². The molecule has 0 fully saturated rings. The zero-order chi connectivity index (χ0) is 12.2. The van der Waals surface area contributed by atoms with E-state index in [1.807, 2.05) is 0 Å². The van der Waals surface area contributed by atoms with Crippen LogP contribution >= 0.6 is 0 Å². The normalized spacial score (nSPS) is 11.7. The van der Waals surface area contributed by atoms with Crippen molar-refractivity contribution in [1.82, 2.24) is 0 Å². The first kappa shape index (κ1) is 14.8. The van der Waals surface area contributed by atoms with Crippen molar-refractivity contribution in [1.29, 1.82) is 0 Å². The highest BCUT2D eigenvalue weighted by atomic mass is 16.1. The number of nitrogens with zero attached hydrogens (tertiary/aromatic N) is 2. The SMILES string of the molecule is CC(C)C(CCCCCCN=C=O)N=C=O. The van der Waals surface area contributed by atoms with Gasteiger partial charge >= 0.3 is 0 Å². The minimum absolute atomic E-state index is 0.102. The predicted molar refractivity (Wildman–Crippen MR) is 62.8 cm³/mol. The van der Waals surface area contributed by atoms with Crippen molar-refractivity contribution in [2.24, 2.45) is 15.9 Å². The highest BCUT2D eigenvalue weighted by Crippen LogP contribution is 2.14. The Kier molecular flexibility index (Phi) is 9.49. The molecule has 0 aromatic carbocycles. The van der Waals surface area contributed by atoms with Crippen LogP contribution in [-0.4, -0.2) is 24.7 Å². The van der Waals surface area contributed by atoms with Gasteiger partial charge in [0.05, 0.1) is 12.6 Å². The summed E-state index contributed by atoms with van der Waals surface area (Å²) < 4.78 is 0. The first-order chi connectivity index (χ1) is 7.72. The number of rotatable bonds is 9. The van der Waals surface area contributed by atoms with Gasteiger partial charge in [-0.25, -0.2) is 19.6 Å². The second-order valence-electron chi connectivity index (χ2n) is 4.21. The third kappa shape index (κ3) is 8.10. The summed E-state index contributed by atoms with van der Waals surface area (Å²) in [7, 11) is 0. The maximum Gasteiger partial charge on any atom is 0.235 e. The molecule has 16 heavy (non-hydrogen) atoms. The lowest BCUT2D eigenvalue weighted by atomic mass is 9.98. The summed E-state index contributed by atoms with van der Waals surface area (Å²) >= 11 is 0. The summed E-state index contributed by atoms with van der Waals surface area (Å²) in [6, 6.07) is 0.102. The minimum atomic E-state index is 0.102. The topological polar surface area (TPSA) is 58.9 Å². The number of hydrogen-bond donors (Lipinski definition) is 0. The molecule has 0 spiro atoms. The third-order valence-electron chi connectivity index (χ3n) is 2.57. The van der Waals surface area contributed by atoms with Crippen LogP contribution in [0.1, 0.15) is 46.0 Å². The Labute approximate surface area is 96.9 Å². The highest BCUT2D eigenvalue weighted by molar-refractivity contribution is 5.33. The average Bonchev–Trinajstić information content (AvgIpc) is 2.26. The molecule has 0 rings (SSSR count). The molecule has 1 atom stereocenters. The molecule has 0 bridgehead atoms. The van der Waals surface area contributed by atoms with Gasteiger partial charge in [-0.1, -0.05) is 33.1 Å². The van der Waals surface area contributed by atoms with Crippen molar-refractivity contribution >= 4 is 12.2 Å². The van der Waals surface area contributed by atoms with E-state index in [1.54, 1.807) is 6.08 Å². The first-order valence-electron chi connectivity index (χ1n) is 5.83. The Morgan fingerprint density at radius 1 is 1.00 bits per heavy atom. The molecule has 0 aromatic rings. The van der Waals surface area contributed by atoms with E-state index in [9.17, 15) is 9.59 Å². The highest BCUT2D eigenvalue weighted by Gasteiger charge is 2.10. The number of hydrogen-bond acceptors (Lipinski definition) is 4. The Morgan fingerprint density at radius 2 is 1.69 bits per heavy atom. The van der Waals surface area contributed by atoms with Gasteiger partial charge in [0.25, 0.3) is 0 Å². The first-order valence-corrected chi connectivity index (χ1v) is 5.83. The van der Waals surface area contributed by atoms with Crippen molar-refractivity contribution in [3.8, 4) is 0 Å². The molecular weight excluding hydrogens is 204 g/mol. The summed E-state index contributed by atoms with van der Waals surface area (Å²) in [6.07, 6.45) is 8.22. The van der Waals surface area contributed by atoms with E-state index in [-0.39, 0.29) is 6.04 Å². The molecule has 0 aliphatic carbocycles. The summed E-state index contributed by atoms with van der Waals surface area (Å²) in [4.78, 5) is 27.3. The van der Waals surface area contributed by atoms with Crippen LogP contribution < -0.4 is 0 Å². The van der Waals surface area contributed by atoms with E-state index in [0.29, 0.717) is 12.5 Å². The Bertz CT molecular complexity index is 264. The van der Waals surface area contributed by atoms with Crippen LogP contribution in [0, 0.1) is 5.92 Å². The molecule has 1 unspecified atom stereocenters. The van der Waals surface area contributed by atoms with Gasteiger partial charge in [-0.2, -0.15) is 0 Å². The predicted octanol–water partition coefficient (Wildman–Crippen LogP) is 2.63. The van der Waals surface area contributed by atoms with Gasteiger partial charge in [0.1, 0.15) is 0 Å². The molecule has 0 heterocycles. The lowest BCUT2D eigenvalue weighted by Crippen LogP contribution is -2.12. The van der Waals surface area contributed by atoms with Crippen LogP contribution in [-0.2, 0) is 9.59 Å². The molecule has 0 radical (unpaired) electrons. The van der Waals surface area contributed by atoms with E-state index in [4.69, 9.17) is 0 Å². The standard InChI is InChI=1S/C12H20N2O2/c1-11(2)12(14-10-16)7-5-3-4-6-8-13-9-15/h11-12H,3-8H2,1-2H3. The van der Waals surface area contributed by atoms with Gasteiger partial charge in [-0.05, 0) is 18.8 Å². The summed E-state index contributed by atoms with van der Waals surface area (Å²) in [5.41, 5.74) is 0. The fraction of sp³-hybridized carbons (Fsp3) is 0.833. The minimum Gasteiger partial charge on any atom is -0.211 e. The zero-order valence-electron chi connectivity index (χ0n) is 10.1. The fourth-order valence-corrected chi connectivity index (χ4v) is 1.56. The summed E-state index contributed by atoms with van der Waals surface area (Å²) in [5.74, 6) is 0.390. The van der Waals surface area contributed by atoms with Gasteiger partial charge in [-0.3, -0.25) is 0 Å². The number of carbonyl (C=O) groups excluding carboxylic acids is 2. The van der Waals surface area contributed by atoms with Crippen LogP contribution in [0.4, 0.5) is 0 Å². The Balaban J connectivity index is 3.55. The molecule has 0 N–H and O–H groups in total. The van der Waals surface area contributed by atoms with Gasteiger partial charge in [-0.15, -0.1) is 0 Å². The molecule has 4 heteroatoms. The molecule has 90 valence electrons. The van der Waals surface area contributed by atoms with Crippen LogP contribution in [0.15, 0.2) is 9.98 Å². The summed E-state index contributed by atoms with van der Waals surface area (Å²) in [5, 5.41) is 0. The van der Waals surface area contributed by atoms with Crippen LogP contribution in [0.2, 0.25) is 0 Å². The third-order valence-corrected chi connectivity index (χ3v) is 2.57. The fourth-order valence-electron chi connectivity index (χ4n) is 1.56. The smallest absolute Gasteiger partial charge is 0.211 e. The molecular formula is C12H20N2O2. The van der Waals surface area contributed by atoms with E-state index < -0.39 is 0 Å². The van der Waals surface area contributed by atoms with E-state index in [1.165, 1.54) is 6.08 Å². The molecule has 0 amide bonds. The number of unbranched alkanes of at least 4 members (excludes halogenated alkanes) is 3.